The van der Waals surface area contributed by atoms with Crippen molar-refractivity contribution in [1.82, 2.24) is 14.7 Å². The average molecular weight is 362 g/mol. The fourth-order valence-electron chi connectivity index (χ4n) is 2.88. The molecule has 0 saturated carbocycles. The molecule has 0 bridgehead atoms. The zero-order valence-electron chi connectivity index (χ0n) is 14.2. The molecule has 0 atom stereocenters. The predicted octanol–water partition coefficient (Wildman–Crippen LogP) is 2.30. The number of rotatable bonds is 5. The largest absolute Gasteiger partial charge is 0.370 e. The van der Waals surface area contributed by atoms with Gasteiger partial charge in [0.2, 0.25) is 5.91 Å². The Kier molecular flexibility index (Phi) is 5.01. The van der Waals surface area contributed by atoms with Gasteiger partial charge in [-0.2, -0.15) is 5.10 Å². The van der Waals surface area contributed by atoms with Crippen LogP contribution in [0.4, 0.5) is 8.78 Å². The van der Waals surface area contributed by atoms with E-state index < -0.39 is 5.92 Å². The van der Waals surface area contributed by atoms with Crippen molar-refractivity contribution in [3.8, 4) is 11.1 Å². The van der Waals surface area contributed by atoms with Crippen LogP contribution in [0.5, 0.6) is 0 Å². The number of piperidine rings is 1. The molecule has 0 aliphatic carbocycles. The first-order valence-corrected chi connectivity index (χ1v) is 8.42. The van der Waals surface area contributed by atoms with E-state index in [9.17, 15) is 18.4 Å². The number of primary amides is 1. The number of amides is 2. The van der Waals surface area contributed by atoms with E-state index in [1.54, 1.807) is 41.3 Å². The van der Waals surface area contributed by atoms with Crippen molar-refractivity contribution in [3.63, 3.8) is 0 Å². The Balaban J connectivity index is 1.65. The number of halogens is 2. The van der Waals surface area contributed by atoms with E-state index in [4.69, 9.17) is 5.73 Å². The topological polar surface area (TPSA) is 81.2 Å². The number of carbonyl (C=O) groups excluding carboxylic acids is 2. The zero-order chi connectivity index (χ0) is 18.7. The second kappa shape index (κ2) is 7.23. The lowest BCUT2D eigenvalue weighted by Gasteiger charge is -2.31. The molecule has 3 rings (SSSR count). The maximum absolute atomic E-state index is 13.2. The number of carbonyl (C=O) groups is 2. The van der Waals surface area contributed by atoms with E-state index in [2.05, 4.69) is 5.10 Å². The van der Waals surface area contributed by atoms with Crippen LogP contribution in [0.25, 0.3) is 11.1 Å². The molecule has 1 fully saturated rings. The monoisotopic (exact) mass is 362 g/mol. The summed E-state index contributed by atoms with van der Waals surface area (Å²) in [6.45, 7) is 0.548. The van der Waals surface area contributed by atoms with Crippen molar-refractivity contribution < 1.29 is 18.4 Å². The van der Waals surface area contributed by atoms with Crippen molar-refractivity contribution in [2.45, 2.75) is 31.7 Å². The molecule has 1 aromatic heterocycles. The Morgan fingerprint density at radius 3 is 2.38 bits per heavy atom. The molecule has 2 aromatic rings. The number of aromatic nitrogens is 2. The van der Waals surface area contributed by atoms with Gasteiger partial charge < -0.3 is 10.6 Å². The van der Waals surface area contributed by atoms with E-state index in [-0.39, 0.29) is 44.2 Å². The lowest BCUT2D eigenvalue weighted by Crippen LogP contribution is -2.42. The molecule has 1 aromatic carbocycles. The number of benzene rings is 1. The molecule has 2 N–H and O–H groups in total. The first-order valence-electron chi connectivity index (χ1n) is 8.42. The van der Waals surface area contributed by atoms with Crippen LogP contribution in [0.15, 0.2) is 36.7 Å². The molecule has 1 saturated heterocycles. The highest BCUT2D eigenvalue weighted by Gasteiger charge is 2.35. The van der Waals surface area contributed by atoms with Gasteiger partial charge in [0, 0.05) is 56.2 Å². The highest BCUT2D eigenvalue weighted by atomic mass is 19.3. The molecular weight excluding hydrogens is 342 g/mol. The van der Waals surface area contributed by atoms with E-state index >= 15 is 0 Å². The second-order valence-corrected chi connectivity index (χ2v) is 6.43. The predicted molar refractivity (Wildman–Crippen MR) is 91.6 cm³/mol. The van der Waals surface area contributed by atoms with Crippen molar-refractivity contribution in [3.05, 3.63) is 42.2 Å². The van der Waals surface area contributed by atoms with E-state index in [0.29, 0.717) is 12.1 Å². The molecule has 26 heavy (non-hydrogen) atoms. The third-order valence-electron chi connectivity index (χ3n) is 4.47. The molecule has 0 radical (unpaired) electrons. The van der Waals surface area contributed by atoms with Crippen molar-refractivity contribution in [1.29, 1.82) is 0 Å². The number of aryl methyl sites for hydroxylation is 1. The third kappa shape index (κ3) is 4.25. The Labute approximate surface area is 149 Å². The molecule has 2 amide bonds. The van der Waals surface area contributed by atoms with Crippen molar-refractivity contribution in [2.24, 2.45) is 5.73 Å². The van der Waals surface area contributed by atoms with Crippen LogP contribution in [-0.4, -0.2) is 45.5 Å². The Hall–Kier alpha value is -2.77. The fraction of sp³-hybridized carbons (Fsp3) is 0.389. The molecule has 8 heteroatoms. The summed E-state index contributed by atoms with van der Waals surface area (Å²) in [4.78, 5) is 24.7. The van der Waals surface area contributed by atoms with Crippen LogP contribution in [0.3, 0.4) is 0 Å². The summed E-state index contributed by atoms with van der Waals surface area (Å²) in [6, 6.07) is 6.96. The fourth-order valence-corrected chi connectivity index (χ4v) is 2.88. The van der Waals surface area contributed by atoms with Crippen LogP contribution in [-0.2, 0) is 11.3 Å². The molecule has 2 heterocycles. The average Bonchev–Trinajstić information content (AvgIpc) is 3.08. The van der Waals surface area contributed by atoms with Gasteiger partial charge in [-0.15, -0.1) is 0 Å². The van der Waals surface area contributed by atoms with Crippen LogP contribution in [0, 0.1) is 0 Å². The highest BCUT2D eigenvalue weighted by molar-refractivity contribution is 5.94. The first kappa shape index (κ1) is 18.0. The number of hydrogen-bond donors (Lipinski definition) is 1. The summed E-state index contributed by atoms with van der Waals surface area (Å²) in [5.74, 6) is -3.29. The third-order valence-corrected chi connectivity index (χ3v) is 4.47. The summed E-state index contributed by atoms with van der Waals surface area (Å²) in [5.41, 5.74) is 7.32. The number of alkyl halides is 2. The lowest BCUT2D eigenvalue weighted by atomic mass is 10.0. The van der Waals surface area contributed by atoms with E-state index in [1.807, 2.05) is 0 Å². The van der Waals surface area contributed by atoms with Gasteiger partial charge in [-0.25, -0.2) is 8.78 Å². The zero-order valence-corrected chi connectivity index (χ0v) is 14.2. The van der Waals surface area contributed by atoms with Crippen molar-refractivity contribution >= 4 is 11.8 Å². The van der Waals surface area contributed by atoms with E-state index in [1.165, 1.54) is 4.90 Å². The van der Waals surface area contributed by atoms with Crippen LogP contribution in [0.2, 0.25) is 0 Å². The molecule has 0 spiro atoms. The quantitative estimate of drug-likeness (QED) is 0.886. The Morgan fingerprint density at radius 1 is 1.12 bits per heavy atom. The molecule has 6 nitrogen and oxygen atoms in total. The maximum atomic E-state index is 13.2. The van der Waals surface area contributed by atoms with Gasteiger partial charge in [0.1, 0.15) is 0 Å². The van der Waals surface area contributed by atoms with Crippen molar-refractivity contribution in [2.75, 3.05) is 13.1 Å². The normalized spacial score (nSPS) is 16.5. The summed E-state index contributed by atoms with van der Waals surface area (Å²) in [6.07, 6.45) is 3.10. The van der Waals surface area contributed by atoms with Crippen LogP contribution < -0.4 is 5.73 Å². The number of likely N-dealkylation sites (tertiary alicyclic amines) is 1. The van der Waals surface area contributed by atoms with Gasteiger partial charge in [-0.3, -0.25) is 14.3 Å². The van der Waals surface area contributed by atoms with Gasteiger partial charge in [0.15, 0.2) is 0 Å². The smallest absolute Gasteiger partial charge is 0.253 e. The second-order valence-electron chi connectivity index (χ2n) is 6.43. The van der Waals surface area contributed by atoms with Crippen LogP contribution in [0.1, 0.15) is 29.6 Å². The molecule has 0 unspecified atom stereocenters. The maximum Gasteiger partial charge on any atom is 0.253 e. The highest BCUT2D eigenvalue weighted by Crippen LogP contribution is 2.28. The molecular formula is C18H20F2N4O2. The molecule has 1 aliphatic rings. The summed E-state index contributed by atoms with van der Waals surface area (Å²) in [7, 11) is 0. The minimum Gasteiger partial charge on any atom is -0.370 e. The van der Waals surface area contributed by atoms with Crippen LogP contribution >= 0.6 is 0 Å². The van der Waals surface area contributed by atoms with Gasteiger partial charge >= 0.3 is 0 Å². The molecule has 138 valence electrons. The van der Waals surface area contributed by atoms with Gasteiger partial charge in [-0.05, 0) is 17.7 Å². The summed E-state index contributed by atoms with van der Waals surface area (Å²) in [5, 5.41) is 4.17. The molecule has 1 aliphatic heterocycles. The summed E-state index contributed by atoms with van der Waals surface area (Å²) >= 11 is 0. The number of nitrogens with zero attached hydrogens (tertiary/aromatic N) is 3. The first-order chi connectivity index (χ1) is 12.3. The van der Waals surface area contributed by atoms with Gasteiger partial charge in [0.05, 0.1) is 6.20 Å². The van der Waals surface area contributed by atoms with Gasteiger partial charge in [-0.1, -0.05) is 12.1 Å². The number of nitrogens with two attached hydrogens (primary N) is 1. The Bertz CT molecular complexity index is 792. The van der Waals surface area contributed by atoms with E-state index in [0.717, 1.165) is 11.1 Å². The SMILES string of the molecule is NC(=O)CCn1cc(-c2ccc(C(=O)N3CCC(F)(F)CC3)cc2)cn1. The summed E-state index contributed by atoms with van der Waals surface area (Å²) < 4.78 is 28.1. The minimum absolute atomic E-state index is 0.0697. The lowest BCUT2D eigenvalue weighted by molar-refractivity contribution is -0.118. The Morgan fingerprint density at radius 2 is 1.77 bits per heavy atom. The number of hydrogen-bond acceptors (Lipinski definition) is 3. The minimum atomic E-state index is -2.67. The standard InChI is InChI=1S/C18H20F2N4O2/c19-18(20)6-9-23(10-7-18)17(26)14-3-1-13(2-4-14)15-11-22-24(12-15)8-5-16(21)25/h1-4,11-12H,5-10H2,(H2,21,25). The van der Waals surface area contributed by atoms with Gasteiger partial charge in [0.25, 0.3) is 11.8 Å².